The van der Waals surface area contributed by atoms with Crippen molar-refractivity contribution in [1.82, 2.24) is 0 Å². The molecule has 0 amide bonds. The Balaban J connectivity index is 0. The number of carbonyl (C=O) groups is 2. The van der Waals surface area contributed by atoms with E-state index in [1.165, 1.54) is 174 Å². The lowest BCUT2D eigenvalue weighted by Crippen LogP contribution is -2.03. The Bertz CT molecular complexity index is 505. The summed E-state index contributed by atoms with van der Waals surface area (Å²) in [6, 6.07) is 0. The number of carbonyl (C=O) groups excluding carboxylic acids is 2. The summed E-state index contributed by atoms with van der Waals surface area (Å²) < 4.78 is 9.52. The number of unbranched alkanes of at least 4 members (excludes halogenated alkanes) is 26. The van der Waals surface area contributed by atoms with Crippen molar-refractivity contribution in [1.29, 1.82) is 0 Å². The average Bonchev–Trinajstić information content (AvgIpc) is 2.97. The third-order valence-corrected chi connectivity index (χ3v) is 8.00. The van der Waals surface area contributed by atoms with E-state index in [1.54, 1.807) is 0 Å². The number of ether oxygens (including phenoxy) is 2. The molecular formula is C37H74O4. The molecule has 4 heteroatoms. The predicted octanol–water partition coefficient (Wildman–Crippen LogP) is 12.5. The van der Waals surface area contributed by atoms with E-state index >= 15 is 0 Å². The van der Waals surface area contributed by atoms with Crippen LogP contribution >= 0.6 is 0 Å². The van der Waals surface area contributed by atoms with E-state index < -0.39 is 0 Å². The molecule has 0 aromatic heterocycles. The van der Waals surface area contributed by atoms with E-state index in [2.05, 4.69) is 18.6 Å². The largest absolute Gasteiger partial charge is 0.469 e. The molecular weight excluding hydrogens is 508 g/mol. The van der Waals surface area contributed by atoms with Crippen LogP contribution < -0.4 is 0 Å². The highest BCUT2D eigenvalue weighted by Crippen LogP contribution is 2.15. The minimum absolute atomic E-state index is 0.0366. The lowest BCUT2D eigenvalue weighted by atomic mass is 10.0. The molecule has 0 aromatic carbocycles. The maximum absolute atomic E-state index is 11.0. The lowest BCUT2D eigenvalue weighted by molar-refractivity contribution is -0.143. The molecule has 246 valence electrons. The van der Waals surface area contributed by atoms with Gasteiger partial charge >= 0.3 is 11.9 Å². The first-order valence-corrected chi connectivity index (χ1v) is 18.3. The molecule has 0 saturated carbocycles. The van der Waals surface area contributed by atoms with Crippen molar-refractivity contribution in [3.8, 4) is 0 Å². The summed E-state index contributed by atoms with van der Waals surface area (Å²) in [6.07, 6.45) is 39.0. The van der Waals surface area contributed by atoms with Crippen LogP contribution in [0.15, 0.2) is 0 Å². The summed E-state index contributed by atoms with van der Waals surface area (Å²) in [5.41, 5.74) is 0. The normalized spacial score (nSPS) is 10.7. The molecule has 41 heavy (non-hydrogen) atoms. The highest BCUT2D eigenvalue weighted by atomic mass is 16.5. The number of esters is 2. The second-order valence-corrected chi connectivity index (χ2v) is 12.1. The van der Waals surface area contributed by atoms with Gasteiger partial charge in [-0.1, -0.05) is 181 Å². The summed E-state index contributed by atoms with van der Waals surface area (Å²) in [4.78, 5) is 22.0. The molecule has 0 aliphatic rings. The summed E-state index contributed by atoms with van der Waals surface area (Å²) in [6.45, 7) is 6.90. The molecule has 0 atom stereocenters. The Labute approximate surface area is 257 Å². The molecule has 0 unspecified atom stereocenters. The zero-order chi connectivity index (χ0) is 30.5. The number of methoxy groups -OCH3 is 1. The first-order valence-electron chi connectivity index (χ1n) is 18.3. The van der Waals surface area contributed by atoms with Crippen molar-refractivity contribution in [2.75, 3.05) is 13.7 Å². The van der Waals surface area contributed by atoms with Crippen molar-refractivity contribution in [2.45, 2.75) is 213 Å². The fourth-order valence-corrected chi connectivity index (χ4v) is 5.26. The van der Waals surface area contributed by atoms with E-state index in [4.69, 9.17) is 4.74 Å². The third-order valence-electron chi connectivity index (χ3n) is 8.00. The van der Waals surface area contributed by atoms with Crippen LogP contribution in [0.2, 0.25) is 0 Å². The predicted molar refractivity (Wildman–Crippen MR) is 179 cm³/mol. The molecule has 0 N–H and O–H groups in total. The Morgan fingerprint density at radius 2 is 0.610 bits per heavy atom. The van der Waals surface area contributed by atoms with Crippen molar-refractivity contribution in [3.05, 3.63) is 0 Å². The van der Waals surface area contributed by atoms with Gasteiger partial charge < -0.3 is 9.47 Å². The zero-order valence-corrected chi connectivity index (χ0v) is 28.6. The van der Waals surface area contributed by atoms with Gasteiger partial charge in [-0.2, -0.15) is 0 Å². The van der Waals surface area contributed by atoms with Gasteiger partial charge in [-0.25, -0.2) is 0 Å². The molecule has 0 bridgehead atoms. The number of hydrogen-bond donors (Lipinski definition) is 0. The lowest BCUT2D eigenvalue weighted by Gasteiger charge is -2.04. The molecule has 0 saturated heterocycles. The molecule has 4 nitrogen and oxygen atoms in total. The molecule has 0 heterocycles. The summed E-state index contributed by atoms with van der Waals surface area (Å²) >= 11 is 0. The van der Waals surface area contributed by atoms with Crippen molar-refractivity contribution < 1.29 is 19.1 Å². The van der Waals surface area contributed by atoms with Gasteiger partial charge in [0, 0.05) is 12.8 Å². The zero-order valence-electron chi connectivity index (χ0n) is 28.6. The summed E-state index contributed by atoms with van der Waals surface area (Å²) in [5, 5.41) is 0. The van der Waals surface area contributed by atoms with Crippen LogP contribution in [0.3, 0.4) is 0 Å². The Kier molecular flexibility index (Phi) is 40.0. The van der Waals surface area contributed by atoms with Crippen LogP contribution in [0, 0.1) is 0 Å². The Morgan fingerprint density at radius 3 is 0.854 bits per heavy atom. The van der Waals surface area contributed by atoms with Crippen LogP contribution in [0.1, 0.15) is 213 Å². The summed E-state index contributed by atoms with van der Waals surface area (Å²) in [7, 11) is 1.47. The van der Waals surface area contributed by atoms with Gasteiger partial charge in [0.25, 0.3) is 0 Å². The van der Waals surface area contributed by atoms with E-state index in [0.717, 1.165) is 12.8 Å². The van der Waals surface area contributed by atoms with Crippen LogP contribution in [0.25, 0.3) is 0 Å². The third kappa shape index (κ3) is 41.1. The fourth-order valence-electron chi connectivity index (χ4n) is 5.26. The van der Waals surface area contributed by atoms with Crippen molar-refractivity contribution in [2.24, 2.45) is 0 Å². The highest BCUT2D eigenvalue weighted by molar-refractivity contribution is 5.69. The minimum Gasteiger partial charge on any atom is -0.469 e. The van der Waals surface area contributed by atoms with Gasteiger partial charge in [0.2, 0.25) is 0 Å². The average molecular weight is 583 g/mol. The maximum Gasteiger partial charge on any atom is 0.305 e. The second kappa shape index (κ2) is 38.9. The second-order valence-electron chi connectivity index (χ2n) is 12.1. The van der Waals surface area contributed by atoms with Crippen LogP contribution in [0.5, 0.6) is 0 Å². The molecule has 0 spiro atoms. The molecule has 0 rings (SSSR count). The first kappa shape index (κ1) is 42.1. The Morgan fingerprint density at radius 1 is 0.366 bits per heavy atom. The van der Waals surface area contributed by atoms with Crippen LogP contribution in [-0.2, 0) is 19.1 Å². The SMILES string of the molecule is CCCCCCCCCCCC(=O)OCC.CCCCCCCCCCCCCCCCCCCCCC(=O)OC. The highest BCUT2D eigenvalue weighted by Gasteiger charge is 2.01. The van der Waals surface area contributed by atoms with Gasteiger partial charge in [0.1, 0.15) is 0 Å². The minimum atomic E-state index is -0.0630. The smallest absolute Gasteiger partial charge is 0.305 e. The van der Waals surface area contributed by atoms with Gasteiger partial charge in [-0.3, -0.25) is 9.59 Å². The monoisotopic (exact) mass is 583 g/mol. The summed E-state index contributed by atoms with van der Waals surface area (Å²) in [5.74, 6) is -0.0996. The van der Waals surface area contributed by atoms with E-state index in [-0.39, 0.29) is 11.9 Å². The molecule has 0 aromatic rings. The quantitative estimate of drug-likeness (QED) is 0.0602. The van der Waals surface area contributed by atoms with Gasteiger partial charge in [0.15, 0.2) is 0 Å². The van der Waals surface area contributed by atoms with Crippen molar-refractivity contribution in [3.63, 3.8) is 0 Å². The molecule has 0 fully saturated rings. The van der Waals surface area contributed by atoms with E-state index in [9.17, 15) is 9.59 Å². The van der Waals surface area contributed by atoms with E-state index in [1.807, 2.05) is 6.92 Å². The standard InChI is InChI=1S/C23H46O2.C14H28O2/c1-3-4-5-6-7-8-9-10-11-12-13-14-15-16-17-18-19-20-21-22-23(24)25-2;1-3-5-6-7-8-9-10-11-12-13-14(15)16-4-2/h3-22H2,1-2H3;3-13H2,1-2H3. The van der Waals surface area contributed by atoms with Gasteiger partial charge in [-0.15, -0.1) is 0 Å². The molecule has 0 radical (unpaired) electrons. The van der Waals surface area contributed by atoms with Crippen molar-refractivity contribution >= 4 is 11.9 Å². The van der Waals surface area contributed by atoms with E-state index in [0.29, 0.717) is 19.4 Å². The first-order chi connectivity index (χ1) is 20.1. The van der Waals surface area contributed by atoms with Crippen LogP contribution in [0.4, 0.5) is 0 Å². The van der Waals surface area contributed by atoms with Crippen LogP contribution in [-0.4, -0.2) is 25.7 Å². The fraction of sp³-hybridized carbons (Fsp3) is 0.946. The topological polar surface area (TPSA) is 52.6 Å². The number of hydrogen-bond acceptors (Lipinski definition) is 4. The molecule has 0 aliphatic heterocycles. The molecule has 0 aliphatic carbocycles. The maximum atomic E-state index is 11.0. The van der Waals surface area contributed by atoms with Gasteiger partial charge in [0.05, 0.1) is 13.7 Å². The van der Waals surface area contributed by atoms with Gasteiger partial charge in [-0.05, 0) is 19.8 Å². The number of rotatable bonds is 31. The Hall–Kier alpha value is -1.06.